The van der Waals surface area contributed by atoms with Gasteiger partial charge in [0.25, 0.3) is 0 Å². The number of methoxy groups -OCH3 is 2. The van der Waals surface area contributed by atoms with Crippen LogP contribution in [0.2, 0.25) is 0 Å². The molecule has 0 saturated heterocycles. The minimum absolute atomic E-state index is 0.00498. The van der Waals surface area contributed by atoms with Gasteiger partial charge in [0.2, 0.25) is 5.79 Å². The van der Waals surface area contributed by atoms with Crippen LogP contribution in [-0.2, 0) is 9.47 Å². The third-order valence-electron chi connectivity index (χ3n) is 3.46. The Morgan fingerprint density at radius 3 is 1.95 bits per heavy atom. The van der Waals surface area contributed by atoms with E-state index in [1.807, 2.05) is 0 Å². The largest absolute Gasteiger partial charge is 0.382 e. The Morgan fingerprint density at radius 2 is 1.58 bits per heavy atom. The van der Waals surface area contributed by atoms with Crippen molar-refractivity contribution in [3.63, 3.8) is 0 Å². The molecule has 1 N–H and O–H groups in total. The van der Waals surface area contributed by atoms with Gasteiger partial charge in [-0.25, -0.2) is 0 Å². The predicted octanol–water partition coefficient (Wildman–Crippen LogP) is 3.54. The van der Waals surface area contributed by atoms with Crippen molar-refractivity contribution in [1.29, 1.82) is 0 Å². The number of rotatable bonds is 6. The van der Waals surface area contributed by atoms with Crippen molar-refractivity contribution in [2.75, 3.05) is 14.2 Å². The van der Waals surface area contributed by atoms with Crippen LogP contribution in [-0.4, -0.2) is 35.6 Å². The maximum absolute atomic E-state index is 10.9. The number of hydrogen-bond donors (Lipinski definition) is 1. The van der Waals surface area contributed by atoms with E-state index in [9.17, 15) is 5.11 Å². The Hall–Kier alpha value is -0.0300. The van der Waals surface area contributed by atoms with E-state index in [2.05, 4.69) is 13.2 Å². The van der Waals surface area contributed by atoms with E-state index >= 15 is 0 Å². The number of halogens is 3. The normalized spacial score (nSPS) is 33.6. The van der Waals surface area contributed by atoms with Crippen molar-refractivity contribution >= 4 is 34.8 Å². The second-order valence-electron chi connectivity index (χ2n) is 4.30. The van der Waals surface area contributed by atoms with Gasteiger partial charge in [0.15, 0.2) is 0 Å². The highest BCUT2D eigenvalue weighted by molar-refractivity contribution is 6.44. The lowest BCUT2D eigenvalue weighted by Crippen LogP contribution is -2.61. The number of allylic oxidation sites excluding steroid dienone is 1. The standard InChI is InChI=1S/C13H17Cl3O3/c1-5-7-11(17)9(14)10(15)13(18-3,19-4)12(11,16)8-6-2/h5-6,17H,1-2,7-8H2,3-4H3/t11-,12+/m0/s1. The summed E-state index contributed by atoms with van der Waals surface area (Å²) in [5.41, 5.74) is -1.64. The summed E-state index contributed by atoms with van der Waals surface area (Å²) in [4.78, 5) is -1.44. The summed E-state index contributed by atoms with van der Waals surface area (Å²) in [6, 6.07) is 0. The lowest BCUT2D eigenvalue weighted by Gasteiger charge is -2.45. The van der Waals surface area contributed by atoms with Crippen molar-refractivity contribution in [3.8, 4) is 0 Å². The third-order valence-corrected chi connectivity index (χ3v) is 5.21. The van der Waals surface area contributed by atoms with Gasteiger partial charge in [-0.05, 0) is 6.42 Å². The van der Waals surface area contributed by atoms with Crippen LogP contribution >= 0.6 is 34.8 Å². The summed E-state index contributed by atoms with van der Waals surface area (Å²) in [5.74, 6) is -1.54. The van der Waals surface area contributed by atoms with Crippen molar-refractivity contribution < 1.29 is 14.6 Å². The van der Waals surface area contributed by atoms with E-state index in [1.165, 1.54) is 20.3 Å². The maximum atomic E-state index is 10.9. The zero-order valence-corrected chi connectivity index (χ0v) is 13.1. The molecule has 1 aliphatic rings. The van der Waals surface area contributed by atoms with Crippen LogP contribution in [0.4, 0.5) is 0 Å². The fourth-order valence-corrected chi connectivity index (χ4v) is 3.96. The summed E-state index contributed by atoms with van der Waals surface area (Å²) >= 11 is 19.0. The van der Waals surface area contributed by atoms with E-state index in [4.69, 9.17) is 44.3 Å². The van der Waals surface area contributed by atoms with Crippen LogP contribution < -0.4 is 0 Å². The second-order valence-corrected chi connectivity index (χ2v) is 5.70. The Kier molecular flexibility index (Phi) is 5.16. The van der Waals surface area contributed by atoms with Gasteiger partial charge in [0.1, 0.15) is 10.5 Å². The molecular weight excluding hydrogens is 310 g/mol. The first kappa shape index (κ1) is 17.0. The number of alkyl halides is 1. The molecule has 6 heteroatoms. The van der Waals surface area contributed by atoms with Crippen LogP contribution in [0.5, 0.6) is 0 Å². The molecular formula is C13H17Cl3O3. The zero-order chi connectivity index (χ0) is 14.9. The Bertz CT molecular complexity index is 417. The monoisotopic (exact) mass is 326 g/mol. The summed E-state index contributed by atoms with van der Waals surface area (Å²) in [5, 5.41) is 10.9. The molecule has 108 valence electrons. The summed E-state index contributed by atoms with van der Waals surface area (Å²) in [6.07, 6.45) is 3.34. The molecule has 0 spiro atoms. The summed E-state index contributed by atoms with van der Waals surface area (Å²) in [7, 11) is 2.77. The van der Waals surface area contributed by atoms with Crippen LogP contribution in [0.15, 0.2) is 35.4 Å². The highest BCUT2D eigenvalue weighted by Gasteiger charge is 2.71. The van der Waals surface area contributed by atoms with E-state index < -0.39 is 16.3 Å². The SMILES string of the molecule is C=CC[C@]1(O)C(Cl)=C(Cl)C(OC)(OC)[C@@]1(Cl)CC=C. The van der Waals surface area contributed by atoms with Crippen molar-refractivity contribution in [1.82, 2.24) is 0 Å². The first-order chi connectivity index (χ1) is 8.81. The molecule has 0 fully saturated rings. The molecule has 0 unspecified atom stereocenters. The lowest BCUT2D eigenvalue weighted by atomic mass is 9.81. The van der Waals surface area contributed by atoms with Crippen LogP contribution in [0.25, 0.3) is 0 Å². The predicted molar refractivity (Wildman–Crippen MR) is 78.6 cm³/mol. The summed E-state index contributed by atoms with van der Waals surface area (Å²) < 4.78 is 10.7. The van der Waals surface area contributed by atoms with E-state index in [0.717, 1.165) is 0 Å². The second kappa shape index (κ2) is 5.76. The van der Waals surface area contributed by atoms with E-state index in [-0.39, 0.29) is 22.9 Å². The minimum atomic E-state index is -1.64. The highest BCUT2D eigenvalue weighted by atomic mass is 35.5. The Labute approximate surface area is 128 Å². The average molecular weight is 328 g/mol. The molecule has 0 aromatic rings. The smallest absolute Gasteiger partial charge is 0.229 e. The van der Waals surface area contributed by atoms with Crippen molar-refractivity contribution in [3.05, 3.63) is 35.4 Å². The molecule has 0 aliphatic heterocycles. The number of aliphatic hydroxyl groups is 1. The minimum Gasteiger partial charge on any atom is -0.382 e. The highest BCUT2D eigenvalue weighted by Crippen LogP contribution is 2.61. The van der Waals surface area contributed by atoms with Gasteiger partial charge in [0, 0.05) is 20.6 Å². The number of hydrogen-bond acceptors (Lipinski definition) is 3. The van der Waals surface area contributed by atoms with E-state index in [1.54, 1.807) is 6.08 Å². The fraction of sp³-hybridized carbons (Fsp3) is 0.538. The topological polar surface area (TPSA) is 38.7 Å². The first-order valence-electron chi connectivity index (χ1n) is 5.61. The molecule has 0 aromatic heterocycles. The van der Waals surface area contributed by atoms with Gasteiger partial charge >= 0.3 is 0 Å². The molecule has 0 radical (unpaired) electrons. The zero-order valence-electron chi connectivity index (χ0n) is 10.9. The molecule has 0 aromatic carbocycles. The van der Waals surface area contributed by atoms with Gasteiger partial charge in [-0.2, -0.15) is 0 Å². The Morgan fingerprint density at radius 1 is 1.11 bits per heavy atom. The molecule has 3 nitrogen and oxygen atoms in total. The number of ether oxygens (including phenoxy) is 2. The molecule has 2 atom stereocenters. The Balaban J connectivity index is 3.58. The van der Waals surface area contributed by atoms with Crippen molar-refractivity contribution in [2.45, 2.75) is 29.1 Å². The van der Waals surface area contributed by atoms with Crippen LogP contribution in [0.3, 0.4) is 0 Å². The van der Waals surface area contributed by atoms with Gasteiger partial charge in [-0.15, -0.1) is 24.8 Å². The maximum Gasteiger partial charge on any atom is 0.229 e. The van der Waals surface area contributed by atoms with Gasteiger partial charge in [-0.1, -0.05) is 35.4 Å². The van der Waals surface area contributed by atoms with Gasteiger partial charge < -0.3 is 14.6 Å². The third kappa shape index (κ3) is 1.99. The first-order valence-corrected chi connectivity index (χ1v) is 6.74. The van der Waals surface area contributed by atoms with Gasteiger partial charge in [0.05, 0.1) is 10.1 Å². The quantitative estimate of drug-likeness (QED) is 0.461. The molecule has 0 amide bonds. The van der Waals surface area contributed by atoms with E-state index in [0.29, 0.717) is 0 Å². The average Bonchev–Trinajstić information content (AvgIpc) is 2.50. The van der Waals surface area contributed by atoms with Crippen molar-refractivity contribution in [2.24, 2.45) is 0 Å². The van der Waals surface area contributed by atoms with Crippen LogP contribution in [0, 0.1) is 0 Å². The molecule has 0 bridgehead atoms. The van der Waals surface area contributed by atoms with Crippen LogP contribution in [0.1, 0.15) is 12.8 Å². The molecule has 19 heavy (non-hydrogen) atoms. The molecule has 0 saturated carbocycles. The molecule has 1 aliphatic carbocycles. The molecule has 0 heterocycles. The summed E-state index contributed by atoms with van der Waals surface area (Å²) in [6.45, 7) is 7.25. The fourth-order valence-electron chi connectivity index (χ4n) is 2.49. The van der Waals surface area contributed by atoms with Gasteiger partial charge in [-0.3, -0.25) is 0 Å². The lowest BCUT2D eigenvalue weighted by molar-refractivity contribution is -0.213. The molecule has 1 rings (SSSR count).